The molecule has 0 saturated carbocycles. The van der Waals surface area contributed by atoms with Crippen molar-refractivity contribution in [3.8, 4) is 0 Å². The van der Waals surface area contributed by atoms with E-state index >= 15 is 0 Å². The van der Waals surface area contributed by atoms with Crippen molar-refractivity contribution in [2.45, 2.75) is 23.7 Å². The van der Waals surface area contributed by atoms with Crippen molar-refractivity contribution in [1.82, 2.24) is 14.7 Å². The highest BCUT2D eigenvalue weighted by Gasteiger charge is 2.30. The van der Waals surface area contributed by atoms with Crippen molar-refractivity contribution in [2.24, 2.45) is 0 Å². The van der Waals surface area contributed by atoms with E-state index in [-0.39, 0.29) is 10.7 Å². The average molecular weight is 304 g/mol. The Balaban J connectivity index is 1.92. The zero-order chi connectivity index (χ0) is 12.4. The van der Waals surface area contributed by atoms with Gasteiger partial charge in [0.15, 0.2) is 0 Å². The maximum atomic E-state index is 12.0. The summed E-state index contributed by atoms with van der Waals surface area (Å²) in [6.07, 6.45) is 2.10. The predicted molar refractivity (Wildman–Crippen MR) is 72.4 cm³/mol. The van der Waals surface area contributed by atoms with E-state index in [1.807, 2.05) is 4.90 Å². The molecule has 2 fully saturated rings. The fourth-order valence-electron chi connectivity index (χ4n) is 2.63. The predicted octanol–water partition coefficient (Wildman–Crippen LogP) is 0.618. The molecule has 2 rings (SSSR count). The monoisotopic (exact) mass is 303 g/mol. The zero-order valence-electron chi connectivity index (χ0n) is 10.7. The van der Waals surface area contributed by atoms with E-state index in [1.54, 1.807) is 0 Å². The molecule has 2 aliphatic rings. The first-order valence-corrected chi connectivity index (χ1v) is 7.31. The molecule has 2 aliphatic heterocycles. The molecular weight excluding hydrogens is 282 g/mol. The molecule has 2 unspecified atom stereocenters. The van der Waals surface area contributed by atoms with Crippen LogP contribution in [0.2, 0.25) is 0 Å². The van der Waals surface area contributed by atoms with Gasteiger partial charge in [-0.15, -0.1) is 0 Å². The van der Waals surface area contributed by atoms with Gasteiger partial charge in [0.25, 0.3) is 0 Å². The van der Waals surface area contributed by atoms with Gasteiger partial charge in [0.05, 0.1) is 4.83 Å². The van der Waals surface area contributed by atoms with E-state index in [4.69, 9.17) is 0 Å². The van der Waals surface area contributed by atoms with Gasteiger partial charge in [0.1, 0.15) is 0 Å². The summed E-state index contributed by atoms with van der Waals surface area (Å²) in [4.78, 5) is 18.8. The number of hydrogen-bond donors (Lipinski definition) is 0. The molecule has 17 heavy (non-hydrogen) atoms. The van der Waals surface area contributed by atoms with Gasteiger partial charge in [0, 0.05) is 38.8 Å². The van der Waals surface area contributed by atoms with Crippen LogP contribution in [-0.4, -0.2) is 78.3 Å². The van der Waals surface area contributed by atoms with Crippen molar-refractivity contribution >= 4 is 21.8 Å². The molecule has 0 aromatic heterocycles. The Bertz CT molecular complexity index is 287. The summed E-state index contributed by atoms with van der Waals surface area (Å²) in [5, 5.41) is 0. The van der Waals surface area contributed by atoms with Crippen LogP contribution in [0.25, 0.3) is 0 Å². The molecule has 0 aromatic rings. The van der Waals surface area contributed by atoms with Crippen LogP contribution in [0.4, 0.5) is 0 Å². The normalized spacial score (nSPS) is 33.1. The first kappa shape index (κ1) is 13.3. The standard InChI is InChI=1S/C12H22BrN3O/c1-14-6-7-15(2)10(8-14)9-16-5-3-4-11(13)12(16)17/h10-11H,3-9H2,1-2H3. The topological polar surface area (TPSA) is 26.8 Å². The summed E-state index contributed by atoms with van der Waals surface area (Å²) in [6.45, 7) is 5.09. The fraction of sp³-hybridized carbons (Fsp3) is 0.917. The van der Waals surface area contributed by atoms with Crippen LogP contribution in [0.3, 0.4) is 0 Å². The number of piperazine rings is 1. The first-order chi connectivity index (χ1) is 8.08. The Morgan fingerprint density at radius 3 is 2.82 bits per heavy atom. The van der Waals surface area contributed by atoms with E-state index in [1.165, 1.54) is 0 Å². The molecule has 0 N–H and O–H groups in total. The number of piperidine rings is 1. The van der Waals surface area contributed by atoms with Gasteiger partial charge in [-0.1, -0.05) is 15.9 Å². The lowest BCUT2D eigenvalue weighted by atomic mass is 10.1. The zero-order valence-corrected chi connectivity index (χ0v) is 12.3. The second-order valence-electron chi connectivity index (χ2n) is 5.29. The maximum absolute atomic E-state index is 12.0. The van der Waals surface area contributed by atoms with E-state index in [0.29, 0.717) is 6.04 Å². The Morgan fingerprint density at radius 2 is 2.06 bits per heavy atom. The molecular formula is C12H22BrN3O. The van der Waals surface area contributed by atoms with E-state index in [9.17, 15) is 4.79 Å². The summed E-state index contributed by atoms with van der Waals surface area (Å²) in [5.74, 6) is 0.276. The molecule has 0 aromatic carbocycles. The number of likely N-dealkylation sites (N-methyl/N-ethyl adjacent to an activating group) is 2. The smallest absolute Gasteiger partial charge is 0.236 e. The van der Waals surface area contributed by atoms with Gasteiger partial charge >= 0.3 is 0 Å². The molecule has 2 atom stereocenters. The quantitative estimate of drug-likeness (QED) is 0.700. The van der Waals surface area contributed by atoms with Crippen LogP contribution in [0, 0.1) is 0 Å². The number of hydrogen-bond acceptors (Lipinski definition) is 3. The minimum absolute atomic E-state index is 0.0443. The number of amides is 1. The van der Waals surface area contributed by atoms with E-state index in [0.717, 1.165) is 45.6 Å². The third kappa shape index (κ3) is 3.20. The molecule has 0 spiro atoms. The van der Waals surface area contributed by atoms with Crippen LogP contribution in [0.5, 0.6) is 0 Å². The number of likely N-dealkylation sites (tertiary alicyclic amines) is 1. The van der Waals surface area contributed by atoms with Crippen LogP contribution < -0.4 is 0 Å². The average Bonchev–Trinajstić information content (AvgIpc) is 2.30. The third-order valence-corrected chi connectivity index (χ3v) is 4.73. The van der Waals surface area contributed by atoms with Crippen molar-refractivity contribution in [2.75, 3.05) is 46.8 Å². The summed E-state index contributed by atoms with van der Waals surface area (Å²) < 4.78 is 0. The lowest BCUT2D eigenvalue weighted by Crippen LogP contribution is -2.56. The summed E-state index contributed by atoms with van der Waals surface area (Å²) in [6, 6.07) is 0.482. The Morgan fingerprint density at radius 1 is 1.29 bits per heavy atom. The van der Waals surface area contributed by atoms with Crippen LogP contribution in [0.15, 0.2) is 0 Å². The molecule has 2 saturated heterocycles. The second-order valence-corrected chi connectivity index (χ2v) is 6.40. The van der Waals surface area contributed by atoms with Gasteiger partial charge in [-0.3, -0.25) is 9.69 Å². The number of halogens is 1. The number of nitrogens with zero attached hydrogens (tertiary/aromatic N) is 3. The van der Waals surface area contributed by atoms with Crippen molar-refractivity contribution in [3.05, 3.63) is 0 Å². The van der Waals surface area contributed by atoms with Gasteiger partial charge in [-0.2, -0.15) is 0 Å². The molecule has 0 aliphatic carbocycles. The summed E-state index contributed by atoms with van der Waals surface area (Å²) in [7, 11) is 4.32. The van der Waals surface area contributed by atoms with Crippen LogP contribution >= 0.6 is 15.9 Å². The van der Waals surface area contributed by atoms with Crippen LogP contribution in [-0.2, 0) is 4.79 Å². The largest absolute Gasteiger partial charge is 0.340 e. The van der Waals surface area contributed by atoms with Crippen molar-refractivity contribution in [3.63, 3.8) is 0 Å². The molecule has 5 heteroatoms. The summed E-state index contributed by atoms with van der Waals surface area (Å²) >= 11 is 3.47. The minimum atomic E-state index is 0.0443. The van der Waals surface area contributed by atoms with Crippen molar-refractivity contribution in [1.29, 1.82) is 0 Å². The number of alkyl halides is 1. The molecule has 4 nitrogen and oxygen atoms in total. The van der Waals surface area contributed by atoms with Gasteiger partial charge in [0.2, 0.25) is 5.91 Å². The SMILES string of the molecule is CN1CCN(C)C(CN2CCCC(Br)C2=O)C1. The van der Waals surface area contributed by atoms with E-state index in [2.05, 4.69) is 39.8 Å². The maximum Gasteiger partial charge on any atom is 0.236 e. The highest BCUT2D eigenvalue weighted by atomic mass is 79.9. The van der Waals surface area contributed by atoms with Gasteiger partial charge in [-0.05, 0) is 26.9 Å². The third-order valence-electron chi connectivity index (χ3n) is 3.88. The molecule has 0 bridgehead atoms. The lowest BCUT2D eigenvalue weighted by Gasteiger charge is -2.41. The van der Waals surface area contributed by atoms with Gasteiger partial charge in [-0.25, -0.2) is 0 Å². The second kappa shape index (κ2) is 5.67. The molecule has 98 valence electrons. The fourth-order valence-corrected chi connectivity index (χ4v) is 3.24. The lowest BCUT2D eigenvalue weighted by molar-refractivity contribution is -0.133. The Hall–Kier alpha value is -0.130. The molecule has 0 radical (unpaired) electrons. The van der Waals surface area contributed by atoms with Gasteiger partial charge < -0.3 is 9.80 Å². The Kier molecular flexibility index (Phi) is 4.44. The van der Waals surface area contributed by atoms with Crippen molar-refractivity contribution < 1.29 is 4.79 Å². The molecule has 2 heterocycles. The summed E-state index contributed by atoms with van der Waals surface area (Å²) in [5.41, 5.74) is 0. The van der Waals surface area contributed by atoms with Crippen LogP contribution in [0.1, 0.15) is 12.8 Å². The van der Waals surface area contributed by atoms with E-state index < -0.39 is 0 Å². The minimum Gasteiger partial charge on any atom is -0.340 e. The highest BCUT2D eigenvalue weighted by Crippen LogP contribution is 2.19. The number of carbonyl (C=O) groups excluding carboxylic acids is 1. The highest BCUT2D eigenvalue weighted by molar-refractivity contribution is 9.10. The first-order valence-electron chi connectivity index (χ1n) is 6.39. The molecule has 1 amide bonds. The number of carbonyl (C=O) groups is 1. The number of rotatable bonds is 2. The Labute approximate surface area is 112 Å².